The molecule has 10 heteroatoms. The molecule has 0 atom stereocenters. The first kappa shape index (κ1) is 20.9. The van der Waals surface area contributed by atoms with E-state index in [1.54, 1.807) is 35.5 Å². The van der Waals surface area contributed by atoms with Gasteiger partial charge in [-0.2, -0.15) is 10.2 Å². The topological polar surface area (TPSA) is 90.8 Å². The summed E-state index contributed by atoms with van der Waals surface area (Å²) in [4.78, 5) is 17.1. The molecule has 1 N–H and O–H groups in total. The lowest BCUT2D eigenvalue weighted by Crippen LogP contribution is -2.19. The van der Waals surface area contributed by atoms with Crippen LogP contribution in [0.4, 0.5) is 10.1 Å². The van der Waals surface area contributed by atoms with Crippen LogP contribution in [-0.2, 0) is 17.9 Å². The molecular formula is C23H18ClFN6O2. The number of amides is 1. The Hall–Kier alpha value is -3.98. The summed E-state index contributed by atoms with van der Waals surface area (Å²) in [6.07, 6.45) is 6.37. The number of fused-ring (bicyclic) bond motifs is 1. The molecule has 166 valence electrons. The standard InChI is InChI=1S/C23H18ClFN6O2/c1-14-22-16(20-6-3-9-33-20)7-8-26-23(22)31(29-14)13-21(32)28-15-10-27-30(11-15)12-17-18(24)4-2-5-19(17)25/h2-11H,12-13H2,1H3,(H,28,32). The van der Waals surface area contributed by atoms with Gasteiger partial charge in [-0.05, 0) is 37.3 Å². The number of aryl methyl sites for hydroxylation is 1. The SMILES string of the molecule is Cc1nn(CC(=O)Nc2cnn(Cc3c(F)cccc3Cl)c2)c2nccc(-c3ccco3)c12. The number of benzene rings is 1. The highest BCUT2D eigenvalue weighted by molar-refractivity contribution is 6.31. The molecule has 0 saturated heterocycles. The van der Waals surface area contributed by atoms with Gasteiger partial charge in [0.1, 0.15) is 18.1 Å². The first-order valence-electron chi connectivity index (χ1n) is 10.1. The molecule has 0 aliphatic carbocycles. The summed E-state index contributed by atoms with van der Waals surface area (Å²) in [5.41, 5.74) is 3.00. The Balaban J connectivity index is 1.33. The lowest BCUT2D eigenvalue weighted by Gasteiger charge is -2.06. The number of carbonyl (C=O) groups excluding carboxylic acids is 1. The Morgan fingerprint density at radius 1 is 1.24 bits per heavy atom. The van der Waals surface area contributed by atoms with Gasteiger partial charge in [-0.15, -0.1) is 0 Å². The van der Waals surface area contributed by atoms with E-state index in [4.69, 9.17) is 16.0 Å². The summed E-state index contributed by atoms with van der Waals surface area (Å²) in [5.74, 6) is -0.00381. The minimum atomic E-state index is -0.411. The number of anilines is 1. The second-order valence-corrected chi connectivity index (χ2v) is 7.86. The predicted octanol–water partition coefficient (Wildman–Crippen LogP) is 4.68. The third kappa shape index (κ3) is 4.10. The molecule has 0 spiro atoms. The van der Waals surface area contributed by atoms with E-state index in [0.717, 1.165) is 16.6 Å². The van der Waals surface area contributed by atoms with Crippen LogP contribution in [0.1, 0.15) is 11.3 Å². The Morgan fingerprint density at radius 3 is 2.91 bits per heavy atom. The molecule has 0 bridgehead atoms. The maximum atomic E-state index is 14.0. The van der Waals surface area contributed by atoms with E-state index in [1.165, 1.54) is 16.9 Å². The van der Waals surface area contributed by atoms with E-state index < -0.39 is 5.82 Å². The molecule has 1 aromatic carbocycles. The molecular weight excluding hydrogens is 447 g/mol. The van der Waals surface area contributed by atoms with E-state index >= 15 is 0 Å². The van der Waals surface area contributed by atoms with Crippen molar-refractivity contribution in [1.82, 2.24) is 24.5 Å². The van der Waals surface area contributed by atoms with Gasteiger partial charge in [-0.3, -0.25) is 9.48 Å². The fourth-order valence-corrected chi connectivity index (χ4v) is 3.95. The van der Waals surface area contributed by atoms with Crippen molar-refractivity contribution in [3.05, 3.63) is 83.3 Å². The minimum absolute atomic E-state index is 0.0384. The normalized spacial score (nSPS) is 11.2. The highest BCUT2D eigenvalue weighted by Crippen LogP contribution is 2.30. The second kappa shape index (κ2) is 8.51. The van der Waals surface area contributed by atoms with Crippen LogP contribution in [0.15, 0.2) is 65.7 Å². The van der Waals surface area contributed by atoms with Crippen molar-refractivity contribution >= 4 is 34.2 Å². The summed E-state index contributed by atoms with van der Waals surface area (Å²) in [5, 5.41) is 12.6. The van der Waals surface area contributed by atoms with Crippen LogP contribution in [0, 0.1) is 12.7 Å². The third-order valence-electron chi connectivity index (χ3n) is 5.19. The monoisotopic (exact) mass is 464 g/mol. The van der Waals surface area contributed by atoms with Crippen LogP contribution in [-0.4, -0.2) is 30.5 Å². The maximum Gasteiger partial charge on any atom is 0.246 e. The summed E-state index contributed by atoms with van der Waals surface area (Å²) >= 11 is 6.08. The van der Waals surface area contributed by atoms with Gasteiger partial charge in [0, 0.05) is 28.5 Å². The van der Waals surface area contributed by atoms with Crippen LogP contribution in [0.25, 0.3) is 22.4 Å². The number of furan rings is 1. The molecule has 0 radical (unpaired) electrons. The van der Waals surface area contributed by atoms with Crippen LogP contribution in [0.2, 0.25) is 5.02 Å². The largest absolute Gasteiger partial charge is 0.464 e. The second-order valence-electron chi connectivity index (χ2n) is 7.45. The van der Waals surface area contributed by atoms with E-state index in [0.29, 0.717) is 27.7 Å². The Morgan fingerprint density at radius 2 is 2.12 bits per heavy atom. The van der Waals surface area contributed by atoms with Crippen molar-refractivity contribution in [2.24, 2.45) is 0 Å². The van der Waals surface area contributed by atoms with Gasteiger partial charge in [0.2, 0.25) is 5.91 Å². The van der Waals surface area contributed by atoms with Gasteiger partial charge in [0.25, 0.3) is 0 Å². The quantitative estimate of drug-likeness (QED) is 0.394. The zero-order valence-corrected chi connectivity index (χ0v) is 18.3. The molecule has 0 saturated carbocycles. The minimum Gasteiger partial charge on any atom is -0.464 e. The first-order chi connectivity index (χ1) is 16.0. The summed E-state index contributed by atoms with van der Waals surface area (Å²) in [6.45, 7) is 1.97. The van der Waals surface area contributed by atoms with Gasteiger partial charge in [-0.1, -0.05) is 17.7 Å². The van der Waals surface area contributed by atoms with Gasteiger partial charge < -0.3 is 9.73 Å². The van der Waals surface area contributed by atoms with Gasteiger partial charge in [0.15, 0.2) is 5.65 Å². The Kier molecular flexibility index (Phi) is 5.39. The maximum absolute atomic E-state index is 14.0. The van der Waals surface area contributed by atoms with Gasteiger partial charge in [-0.25, -0.2) is 14.1 Å². The fourth-order valence-electron chi connectivity index (χ4n) is 3.73. The molecule has 8 nitrogen and oxygen atoms in total. The molecule has 0 fully saturated rings. The summed E-state index contributed by atoms with van der Waals surface area (Å²) in [7, 11) is 0. The van der Waals surface area contributed by atoms with E-state index in [2.05, 4.69) is 20.5 Å². The lowest BCUT2D eigenvalue weighted by molar-refractivity contribution is -0.116. The molecule has 0 aliphatic heterocycles. The summed E-state index contributed by atoms with van der Waals surface area (Å²) in [6, 6.07) is 10.0. The number of hydrogen-bond acceptors (Lipinski definition) is 5. The molecule has 4 aromatic heterocycles. The average molecular weight is 465 g/mol. The molecule has 0 unspecified atom stereocenters. The number of nitrogens with zero attached hydrogens (tertiary/aromatic N) is 5. The Labute approximate surface area is 192 Å². The van der Waals surface area contributed by atoms with E-state index in [9.17, 15) is 9.18 Å². The molecule has 5 rings (SSSR count). The number of carbonyl (C=O) groups is 1. The number of pyridine rings is 1. The zero-order valence-electron chi connectivity index (χ0n) is 17.5. The van der Waals surface area contributed by atoms with Crippen LogP contribution in [0.5, 0.6) is 0 Å². The average Bonchev–Trinajstić information content (AvgIpc) is 3.53. The molecule has 1 amide bonds. The highest BCUT2D eigenvalue weighted by atomic mass is 35.5. The highest BCUT2D eigenvalue weighted by Gasteiger charge is 2.17. The lowest BCUT2D eigenvalue weighted by atomic mass is 10.1. The van der Waals surface area contributed by atoms with Crippen molar-refractivity contribution in [1.29, 1.82) is 0 Å². The number of halogens is 2. The van der Waals surface area contributed by atoms with Gasteiger partial charge >= 0.3 is 0 Å². The van der Waals surface area contributed by atoms with Crippen molar-refractivity contribution in [2.75, 3.05) is 5.32 Å². The van der Waals surface area contributed by atoms with E-state index in [-0.39, 0.29) is 19.0 Å². The number of hydrogen-bond donors (Lipinski definition) is 1. The summed E-state index contributed by atoms with van der Waals surface area (Å²) < 4.78 is 22.6. The molecule has 33 heavy (non-hydrogen) atoms. The Bertz CT molecular complexity index is 1440. The molecule has 4 heterocycles. The fraction of sp³-hybridized carbons (Fsp3) is 0.130. The van der Waals surface area contributed by atoms with Crippen molar-refractivity contribution in [3.63, 3.8) is 0 Å². The first-order valence-corrected chi connectivity index (χ1v) is 10.5. The zero-order chi connectivity index (χ0) is 22.9. The molecule has 0 aliphatic rings. The number of aromatic nitrogens is 5. The van der Waals surface area contributed by atoms with Crippen LogP contribution in [0.3, 0.4) is 0 Å². The van der Waals surface area contributed by atoms with E-state index in [1.807, 2.05) is 25.1 Å². The molecule has 5 aromatic rings. The smallest absolute Gasteiger partial charge is 0.246 e. The van der Waals surface area contributed by atoms with Crippen LogP contribution >= 0.6 is 11.6 Å². The van der Waals surface area contributed by atoms with Crippen molar-refractivity contribution in [2.45, 2.75) is 20.0 Å². The van der Waals surface area contributed by atoms with Gasteiger partial charge in [0.05, 0.1) is 35.8 Å². The number of nitrogens with one attached hydrogen (secondary N) is 1. The van der Waals surface area contributed by atoms with Crippen molar-refractivity contribution < 1.29 is 13.6 Å². The van der Waals surface area contributed by atoms with Crippen LogP contribution < -0.4 is 5.32 Å². The predicted molar refractivity (Wildman–Crippen MR) is 121 cm³/mol. The third-order valence-corrected chi connectivity index (χ3v) is 5.54. The number of rotatable bonds is 6. The van der Waals surface area contributed by atoms with Crippen molar-refractivity contribution in [3.8, 4) is 11.3 Å².